The summed E-state index contributed by atoms with van der Waals surface area (Å²) in [5.41, 5.74) is 12.2. The van der Waals surface area contributed by atoms with Gasteiger partial charge < -0.3 is 11.5 Å². The molecule has 0 radical (unpaired) electrons. The van der Waals surface area contributed by atoms with Crippen LogP contribution >= 0.6 is 0 Å². The fourth-order valence-electron chi connectivity index (χ4n) is 0.698. The van der Waals surface area contributed by atoms with Crippen molar-refractivity contribution in [3.05, 3.63) is 12.2 Å². The van der Waals surface area contributed by atoms with Crippen LogP contribution in [0.25, 0.3) is 0 Å². The summed E-state index contributed by atoms with van der Waals surface area (Å²) in [6, 6.07) is -0.0556. The van der Waals surface area contributed by atoms with Crippen LogP contribution in [0.4, 0.5) is 0 Å². The smallest absolute Gasteiger partial charge is 0.0381 e. The average molecular weight is 142 g/mol. The van der Waals surface area contributed by atoms with E-state index in [0.717, 1.165) is 5.57 Å². The van der Waals surface area contributed by atoms with Crippen LogP contribution in [0, 0.1) is 5.41 Å². The summed E-state index contributed by atoms with van der Waals surface area (Å²) < 4.78 is 0. The summed E-state index contributed by atoms with van der Waals surface area (Å²) in [5, 5.41) is 0. The lowest BCUT2D eigenvalue weighted by Gasteiger charge is -2.25. The molecule has 0 heterocycles. The molecule has 1 unspecified atom stereocenters. The molecule has 0 amide bonds. The molecule has 0 saturated carbocycles. The Morgan fingerprint density at radius 2 is 1.90 bits per heavy atom. The molecule has 0 aromatic rings. The highest BCUT2D eigenvalue weighted by atomic mass is 14.7. The molecule has 0 aromatic carbocycles. The van der Waals surface area contributed by atoms with E-state index in [9.17, 15) is 0 Å². The van der Waals surface area contributed by atoms with Crippen LogP contribution in [0.2, 0.25) is 0 Å². The van der Waals surface area contributed by atoms with Crippen molar-refractivity contribution >= 4 is 0 Å². The van der Waals surface area contributed by atoms with E-state index in [2.05, 4.69) is 27.4 Å². The second kappa shape index (κ2) is 3.17. The van der Waals surface area contributed by atoms with E-state index in [1.54, 1.807) is 0 Å². The number of hydrogen-bond donors (Lipinski definition) is 2. The molecule has 0 aliphatic carbocycles. The maximum Gasteiger partial charge on any atom is 0.0381 e. The zero-order valence-corrected chi connectivity index (χ0v) is 7.15. The Labute approximate surface area is 63.3 Å². The minimum absolute atomic E-state index is 0.0556. The van der Waals surface area contributed by atoms with Crippen molar-refractivity contribution in [3.63, 3.8) is 0 Å². The zero-order valence-electron chi connectivity index (χ0n) is 7.15. The van der Waals surface area contributed by atoms with Gasteiger partial charge in [-0.3, -0.25) is 0 Å². The van der Waals surface area contributed by atoms with Crippen LogP contribution in [0.15, 0.2) is 12.2 Å². The summed E-state index contributed by atoms with van der Waals surface area (Å²) >= 11 is 0. The van der Waals surface area contributed by atoms with Crippen molar-refractivity contribution < 1.29 is 0 Å². The van der Waals surface area contributed by atoms with Crippen LogP contribution in [-0.2, 0) is 0 Å². The normalized spacial score (nSPS) is 14.9. The molecule has 2 heteroatoms. The van der Waals surface area contributed by atoms with Gasteiger partial charge >= 0.3 is 0 Å². The van der Waals surface area contributed by atoms with Crippen LogP contribution in [0.1, 0.15) is 20.8 Å². The number of hydrogen-bond acceptors (Lipinski definition) is 2. The first-order valence-electron chi connectivity index (χ1n) is 3.54. The van der Waals surface area contributed by atoms with E-state index >= 15 is 0 Å². The van der Waals surface area contributed by atoms with Gasteiger partial charge in [0, 0.05) is 12.6 Å². The Bertz CT molecular complexity index is 122. The monoisotopic (exact) mass is 142 g/mol. The molecular weight excluding hydrogens is 124 g/mol. The van der Waals surface area contributed by atoms with Crippen LogP contribution in [0.3, 0.4) is 0 Å². The van der Waals surface area contributed by atoms with E-state index in [-0.39, 0.29) is 11.5 Å². The molecule has 0 saturated heterocycles. The average Bonchev–Trinajstić information content (AvgIpc) is 1.83. The second-order valence-electron chi connectivity index (χ2n) is 3.62. The van der Waals surface area contributed by atoms with Gasteiger partial charge in [0.05, 0.1) is 0 Å². The first-order chi connectivity index (χ1) is 4.39. The Kier molecular flexibility index (Phi) is 3.06. The summed E-state index contributed by atoms with van der Waals surface area (Å²) in [6.07, 6.45) is 0. The third-order valence-electron chi connectivity index (χ3n) is 1.66. The molecule has 0 fully saturated rings. The Balaban J connectivity index is 4.09. The van der Waals surface area contributed by atoms with Crippen molar-refractivity contribution in [1.29, 1.82) is 0 Å². The molecule has 0 aliphatic rings. The van der Waals surface area contributed by atoms with Gasteiger partial charge in [0.25, 0.3) is 0 Å². The van der Waals surface area contributed by atoms with E-state index in [1.807, 2.05) is 0 Å². The zero-order chi connectivity index (χ0) is 8.36. The lowest BCUT2D eigenvalue weighted by Crippen LogP contribution is -2.35. The van der Waals surface area contributed by atoms with Gasteiger partial charge in [0.2, 0.25) is 0 Å². The minimum Gasteiger partial charge on any atom is -0.329 e. The van der Waals surface area contributed by atoms with Crippen molar-refractivity contribution in [2.24, 2.45) is 16.9 Å². The van der Waals surface area contributed by atoms with Crippen LogP contribution < -0.4 is 11.5 Å². The molecule has 10 heavy (non-hydrogen) atoms. The molecule has 1 atom stereocenters. The molecule has 0 bridgehead atoms. The van der Waals surface area contributed by atoms with E-state index in [1.165, 1.54) is 0 Å². The first-order valence-corrected chi connectivity index (χ1v) is 3.54. The van der Waals surface area contributed by atoms with Gasteiger partial charge in [-0.05, 0) is 5.41 Å². The maximum atomic E-state index is 5.68. The highest BCUT2D eigenvalue weighted by molar-refractivity contribution is 5.12. The Morgan fingerprint density at radius 1 is 1.50 bits per heavy atom. The fourth-order valence-corrected chi connectivity index (χ4v) is 0.698. The van der Waals surface area contributed by atoms with Crippen molar-refractivity contribution in [3.8, 4) is 0 Å². The third kappa shape index (κ3) is 2.50. The number of rotatable bonds is 2. The van der Waals surface area contributed by atoms with E-state index in [4.69, 9.17) is 11.5 Å². The summed E-state index contributed by atoms with van der Waals surface area (Å²) in [5.74, 6) is 0. The molecule has 2 nitrogen and oxygen atoms in total. The molecule has 4 N–H and O–H groups in total. The predicted molar refractivity (Wildman–Crippen MR) is 45.6 cm³/mol. The maximum absolute atomic E-state index is 5.68. The van der Waals surface area contributed by atoms with Crippen LogP contribution in [-0.4, -0.2) is 12.6 Å². The third-order valence-corrected chi connectivity index (χ3v) is 1.66. The van der Waals surface area contributed by atoms with E-state index in [0.29, 0.717) is 6.54 Å². The lowest BCUT2D eigenvalue weighted by molar-refractivity contribution is 0.465. The van der Waals surface area contributed by atoms with Gasteiger partial charge in [0.15, 0.2) is 0 Å². The summed E-state index contributed by atoms with van der Waals surface area (Å²) in [4.78, 5) is 0. The summed E-state index contributed by atoms with van der Waals surface area (Å²) in [6.45, 7) is 10.6. The van der Waals surface area contributed by atoms with Gasteiger partial charge in [-0.2, -0.15) is 0 Å². The van der Waals surface area contributed by atoms with Crippen molar-refractivity contribution in [2.75, 3.05) is 6.54 Å². The molecular formula is C8H18N2. The molecule has 0 spiro atoms. The Hall–Kier alpha value is -0.340. The molecule has 0 aliphatic heterocycles. The predicted octanol–water partition coefficient (Wildman–Crippen LogP) is 0.875. The molecule has 0 aromatic heterocycles. The highest BCUT2D eigenvalue weighted by Crippen LogP contribution is 2.24. The topological polar surface area (TPSA) is 52.0 Å². The van der Waals surface area contributed by atoms with Gasteiger partial charge in [-0.15, -0.1) is 0 Å². The van der Waals surface area contributed by atoms with Gasteiger partial charge in [0.1, 0.15) is 0 Å². The Morgan fingerprint density at radius 3 is 2.00 bits per heavy atom. The minimum atomic E-state index is -0.0556. The van der Waals surface area contributed by atoms with Gasteiger partial charge in [-0.1, -0.05) is 32.9 Å². The SMILES string of the molecule is C=C(C(N)CN)C(C)(C)C. The van der Waals surface area contributed by atoms with Gasteiger partial charge in [-0.25, -0.2) is 0 Å². The largest absolute Gasteiger partial charge is 0.329 e. The van der Waals surface area contributed by atoms with Crippen molar-refractivity contribution in [1.82, 2.24) is 0 Å². The van der Waals surface area contributed by atoms with Crippen LogP contribution in [0.5, 0.6) is 0 Å². The lowest BCUT2D eigenvalue weighted by atomic mass is 9.83. The standard InChI is InChI=1S/C8H18N2/c1-6(7(10)5-9)8(2,3)4/h7H,1,5,9-10H2,2-4H3. The van der Waals surface area contributed by atoms with Crippen molar-refractivity contribution in [2.45, 2.75) is 26.8 Å². The van der Waals surface area contributed by atoms with E-state index < -0.39 is 0 Å². The second-order valence-corrected chi connectivity index (χ2v) is 3.62. The fraction of sp³-hybridized carbons (Fsp3) is 0.750. The molecule has 0 rings (SSSR count). The quantitative estimate of drug-likeness (QED) is 0.562. The number of nitrogens with two attached hydrogens (primary N) is 2. The molecule has 60 valence electrons. The first kappa shape index (κ1) is 9.66. The highest BCUT2D eigenvalue weighted by Gasteiger charge is 2.19. The summed E-state index contributed by atoms with van der Waals surface area (Å²) in [7, 11) is 0.